The van der Waals surface area contributed by atoms with E-state index in [1.807, 2.05) is 24.3 Å². The molecule has 3 rings (SSSR count). The van der Waals surface area contributed by atoms with Gasteiger partial charge in [-0.3, -0.25) is 24.1 Å². The maximum absolute atomic E-state index is 12.6. The molecule has 0 atom stereocenters. The molecule has 1 aliphatic rings. The van der Waals surface area contributed by atoms with Crippen LogP contribution in [0.2, 0.25) is 0 Å². The summed E-state index contributed by atoms with van der Waals surface area (Å²) < 4.78 is 0. The van der Waals surface area contributed by atoms with E-state index in [1.54, 1.807) is 19.1 Å². The molecule has 0 saturated carbocycles. The van der Waals surface area contributed by atoms with Gasteiger partial charge in [0.2, 0.25) is 5.91 Å². The number of imide groups is 1. The van der Waals surface area contributed by atoms with Gasteiger partial charge in [0.1, 0.15) is 0 Å². The molecule has 0 radical (unpaired) electrons. The van der Waals surface area contributed by atoms with E-state index in [0.717, 1.165) is 5.39 Å². The summed E-state index contributed by atoms with van der Waals surface area (Å²) in [6.07, 6.45) is 0.567. The zero-order valence-corrected chi connectivity index (χ0v) is 13.4. The Balaban J connectivity index is 1.77. The fourth-order valence-electron chi connectivity index (χ4n) is 2.88. The summed E-state index contributed by atoms with van der Waals surface area (Å²) in [4.78, 5) is 42.8. The number of amides is 3. The molecule has 6 nitrogen and oxygen atoms in total. The number of hydrogen-bond donors (Lipinski definition) is 1. The first kappa shape index (κ1) is 16.1. The Morgan fingerprint density at radius 3 is 2.29 bits per heavy atom. The quantitative estimate of drug-likeness (QED) is 0.653. The molecule has 0 aromatic heterocycles. The van der Waals surface area contributed by atoms with E-state index < -0.39 is 0 Å². The van der Waals surface area contributed by atoms with E-state index in [4.69, 9.17) is 4.84 Å². The molecule has 124 valence electrons. The third-order valence-electron chi connectivity index (χ3n) is 3.97. The Morgan fingerprint density at radius 2 is 1.71 bits per heavy atom. The molecule has 0 unspecified atom stereocenters. The predicted octanol–water partition coefficient (Wildman–Crippen LogP) is 2.28. The summed E-state index contributed by atoms with van der Waals surface area (Å²) in [5.41, 5.74) is 3.36. The SMILES string of the molecule is CCONC(=O)CCCN1C(=O)c2cccc3cccc(c23)C1=O. The van der Waals surface area contributed by atoms with Crippen molar-refractivity contribution in [2.24, 2.45) is 0 Å². The number of benzene rings is 2. The minimum absolute atomic E-state index is 0.183. The van der Waals surface area contributed by atoms with Crippen molar-refractivity contribution in [2.75, 3.05) is 13.2 Å². The first-order valence-electron chi connectivity index (χ1n) is 7.92. The van der Waals surface area contributed by atoms with E-state index in [1.165, 1.54) is 4.90 Å². The lowest BCUT2D eigenvalue weighted by Crippen LogP contribution is -2.41. The first-order valence-corrected chi connectivity index (χ1v) is 7.92. The largest absolute Gasteiger partial charge is 0.274 e. The maximum Gasteiger partial charge on any atom is 0.261 e. The van der Waals surface area contributed by atoms with E-state index in [2.05, 4.69) is 5.48 Å². The molecule has 3 amide bonds. The summed E-state index contributed by atoms with van der Waals surface area (Å²) in [5, 5.41) is 1.59. The average molecular weight is 326 g/mol. The molecule has 1 N–H and O–H groups in total. The van der Waals surface area contributed by atoms with Gasteiger partial charge in [0, 0.05) is 29.5 Å². The highest BCUT2D eigenvalue weighted by Gasteiger charge is 2.32. The molecule has 0 bridgehead atoms. The molecule has 0 fully saturated rings. The van der Waals surface area contributed by atoms with Crippen LogP contribution in [0.1, 0.15) is 40.5 Å². The molecule has 1 aliphatic heterocycles. The second kappa shape index (κ2) is 6.80. The number of hydroxylamine groups is 1. The van der Waals surface area contributed by atoms with E-state index >= 15 is 0 Å². The van der Waals surface area contributed by atoms with E-state index in [9.17, 15) is 14.4 Å². The number of rotatable bonds is 6. The number of hydrogen-bond acceptors (Lipinski definition) is 4. The van der Waals surface area contributed by atoms with Gasteiger partial charge in [-0.25, -0.2) is 5.48 Å². The number of carbonyl (C=O) groups excluding carboxylic acids is 3. The van der Waals surface area contributed by atoms with Gasteiger partial charge in [0.25, 0.3) is 11.8 Å². The van der Waals surface area contributed by atoms with Crippen molar-refractivity contribution >= 4 is 28.5 Å². The highest BCUT2D eigenvalue weighted by Crippen LogP contribution is 2.29. The van der Waals surface area contributed by atoms with Crippen LogP contribution in [0.3, 0.4) is 0 Å². The molecule has 6 heteroatoms. The zero-order chi connectivity index (χ0) is 17.1. The molecule has 0 spiro atoms. The number of nitrogens with one attached hydrogen (secondary N) is 1. The van der Waals surface area contributed by atoms with Crippen LogP contribution in [-0.2, 0) is 9.63 Å². The van der Waals surface area contributed by atoms with Crippen molar-refractivity contribution in [3.8, 4) is 0 Å². The summed E-state index contributed by atoms with van der Waals surface area (Å²) >= 11 is 0. The van der Waals surface area contributed by atoms with Gasteiger partial charge >= 0.3 is 0 Å². The van der Waals surface area contributed by atoms with Gasteiger partial charge in [-0.1, -0.05) is 24.3 Å². The summed E-state index contributed by atoms with van der Waals surface area (Å²) in [5.74, 6) is -0.889. The lowest BCUT2D eigenvalue weighted by atomic mass is 9.94. The Labute approximate surface area is 139 Å². The van der Waals surface area contributed by atoms with Crippen LogP contribution in [0.25, 0.3) is 10.8 Å². The van der Waals surface area contributed by atoms with Gasteiger partial charge in [-0.2, -0.15) is 0 Å². The van der Waals surface area contributed by atoms with Crippen LogP contribution < -0.4 is 5.48 Å². The summed E-state index contributed by atoms with van der Waals surface area (Å²) in [7, 11) is 0. The van der Waals surface area contributed by atoms with Crippen LogP contribution in [0, 0.1) is 0 Å². The fraction of sp³-hybridized carbons (Fsp3) is 0.278. The van der Waals surface area contributed by atoms with E-state index in [0.29, 0.717) is 29.5 Å². The van der Waals surface area contributed by atoms with Gasteiger partial charge < -0.3 is 0 Å². The lowest BCUT2D eigenvalue weighted by molar-refractivity contribution is -0.133. The fourth-order valence-corrected chi connectivity index (χ4v) is 2.88. The monoisotopic (exact) mass is 326 g/mol. The third kappa shape index (κ3) is 2.88. The zero-order valence-electron chi connectivity index (χ0n) is 13.4. The van der Waals surface area contributed by atoms with Crippen molar-refractivity contribution in [1.29, 1.82) is 0 Å². The standard InChI is InChI=1S/C18H18N2O4/c1-2-24-19-15(21)10-5-11-20-17(22)13-8-3-6-12-7-4-9-14(16(12)13)18(20)23/h3-4,6-9H,2,5,10-11H2,1H3,(H,19,21). The molecular weight excluding hydrogens is 308 g/mol. The highest BCUT2D eigenvalue weighted by molar-refractivity contribution is 6.25. The van der Waals surface area contributed by atoms with Crippen LogP contribution in [0.5, 0.6) is 0 Å². The maximum atomic E-state index is 12.6. The van der Waals surface area contributed by atoms with Gasteiger partial charge in [0.15, 0.2) is 0 Å². The third-order valence-corrected chi connectivity index (χ3v) is 3.97. The smallest absolute Gasteiger partial charge is 0.261 e. The molecule has 2 aromatic rings. The second-order valence-corrected chi connectivity index (χ2v) is 5.53. The van der Waals surface area contributed by atoms with Crippen LogP contribution >= 0.6 is 0 Å². The van der Waals surface area contributed by atoms with Crippen molar-refractivity contribution in [3.63, 3.8) is 0 Å². The summed E-state index contributed by atoms with van der Waals surface area (Å²) in [6, 6.07) is 10.9. The van der Waals surface area contributed by atoms with Crippen molar-refractivity contribution in [1.82, 2.24) is 10.4 Å². The van der Waals surface area contributed by atoms with Crippen LogP contribution in [-0.4, -0.2) is 35.8 Å². The molecule has 0 saturated heterocycles. The van der Waals surface area contributed by atoms with Crippen molar-refractivity contribution in [2.45, 2.75) is 19.8 Å². The first-order chi connectivity index (χ1) is 11.6. The molecule has 24 heavy (non-hydrogen) atoms. The predicted molar refractivity (Wildman–Crippen MR) is 88.3 cm³/mol. The number of carbonyl (C=O) groups is 3. The second-order valence-electron chi connectivity index (χ2n) is 5.53. The average Bonchev–Trinajstić information content (AvgIpc) is 2.60. The van der Waals surface area contributed by atoms with Crippen molar-refractivity contribution in [3.05, 3.63) is 47.5 Å². The normalized spacial score (nSPS) is 13.5. The summed E-state index contributed by atoms with van der Waals surface area (Å²) in [6.45, 7) is 2.35. The molecule has 1 heterocycles. The Bertz CT molecular complexity index is 765. The highest BCUT2D eigenvalue weighted by atomic mass is 16.6. The minimum Gasteiger partial charge on any atom is -0.274 e. The van der Waals surface area contributed by atoms with Crippen LogP contribution in [0.4, 0.5) is 0 Å². The lowest BCUT2D eigenvalue weighted by Gasteiger charge is -2.27. The molecular formula is C18H18N2O4. The van der Waals surface area contributed by atoms with Gasteiger partial charge in [0.05, 0.1) is 6.61 Å². The Hall–Kier alpha value is -2.73. The van der Waals surface area contributed by atoms with Crippen molar-refractivity contribution < 1.29 is 19.2 Å². The number of nitrogens with zero attached hydrogens (tertiary/aromatic N) is 1. The molecule has 0 aliphatic carbocycles. The minimum atomic E-state index is -0.311. The topological polar surface area (TPSA) is 75.7 Å². The van der Waals surface area contributed by atoms with Crippen LogP contribution in [0.15, 0.2) is 36.4 Å². The Kier molecular flexibility index (Phi) is 4.57. The molecule has 2 aromatic carbocycles. The Morgan fingerprint density at radius 1 is 1.08 bits per heavy atom. The van der Waals surface area contributed by atoms with Gasteiger partial charge in [-0.15, -0.1) is 0 Å². The van der Waals surface area contributed by atoms with E-state index in [-0.39, 0.29) is 30.7 Å². The van der Waals surface area contributed by atoms with Gasteiger partial charge in [-0.05, 0) is 30.9 Å².